The largest absolute Gasteiger partial charge is 0.335 e. The van der Waals surface area contributed by atoms with Gasteiger partial charge in [-0.05, 0) is 23.6 Å². The summed E-state index contributed by atoms with van der Waals surface area (Å²) in [6.45, 7) is 1.40. The molecule has 3 rings (SSSR count). The third kappa shape index (κ3) is 3.07. The zero-order chi connectivity index (χ0) is 15.7. The van der Waals surface area contributed by atoms with Crippen molar-refractivity contribution in [3.05, 3.63) is 38.9 Å². The van der Waals surface area contributed by atoms with E-state index in [1.165, 1.54) is 27.0 Å². The fourth-order valence-corrected chi connectivity index (χ4v) is 5.83. The van der Waals surface area contributed by atoms with Gasteiger partial charge in [0.15, 0.2) is 0 Å². The highest BCUT2D eigenvalue weighted by molar-refractivity contribution is 7.91. The third-order valence-electron chi connectivity index (χ3n) is 3.40. The summed E-state index contributed by atoms with van der Waals surface area (Å²) in [5.74, 6) is -0.0925. The van der Waals surface area contributed by atoms with Crippen molar-refractivity contribution in [2.24, 2.45) is 0 Å². The van der Waals surface area contributed by atoms with Gasteiger partial charge in [0, 0.05) is 26.2 Å². The molecule has 1 fully saturated rings. The maximum atomic E-state index is 12.4. The molecule has 0 aliphatic carbocycles. The second-order valence-electron chi connectivity index (χ2n) is 4.73. The quantitative estimate of drug-likeness (QED) is 0.827. The number of sulfonamides is 1. The highest BCUT2D eigenvalue weighted by atomic mass is 35.5. The molecule has 3 heterocycles. The van der Waals surface area contributed by atoms with Crippen LogP contribution < -0.4 is 0 Å². The van der Waals surface area contributed by atoms with Gasteiger partial charge in [0.1, 0.15) is 4.21 Å². The molecule has 5 nitrogen and oxygen atoms in total. The second-order valence-corrected chi connectivity index (χ2v) is 9.56. The lowest BCUT2D eigenvalue weighted by Crippen LogP contribution is -2.50. The highest BCUT2D eigenvalue weighted by Gasteiger charge is 2.31. The van der Waals surface area contributed by atoms with Crippen LogP contribution in [-0.2, 0) is 10.0 Å². The number of carbonyl (C=O) groups excluding carboxylic acids is 1. The molecule has 1 saturated heterocycles. The van der Waals surface area contributed by atoms with Crippen molar-refractivity contribution in [1.82, 2.24) is 9.21 Å². The molecule has 118 valence electrons. The van der Waals surface area contributed by atoms with Crippen LogP contribution in [0.1, 0.15) is 9.67 Å². The fourth-order valence-electron chi connectivity index (χ4n) is 2.25. The van der Waals surface area contributed by atoms with E-state index in [1.54, 1.807) is 34.5 Å². The van der Waals surface area contributed by atoms with Crippen LogP contribution >= 0.6 is 34.3 Å². The van der Waals surface area contributed by atoms with E-state index in [0.717, 1.165) is 0 Å². The zero-order valence-electron chi connectivity index (χ0n) is 11.4. The number of thiophene rings is 2. The number of rotatable bonds is 3. The highest BCUT2D eigenvalue weighted by Crippen LogP contribution is 2.25. The normalized spacial score (nSPS) is 16.9. The van der Waals surface area contributed by atoms with Gasteiger partial charge in [-0.3, -0.25) is 4.79 Å². The molecule has 1 aliphatic heterocycles. The Morgan fingerprint density at radius 2 is 1.86 bits per heavy atom. The number of halogens is 1. The van der Waals surface area contributed by atoms with E-state index in [0.29, 0.717) is 39.6 Å². The summed E-state index contributed by atoms with van der Waals surface area (Å²) in [7, 11) is -3.43. The summed E-state index contributed by atoms with van der Waals surface area (Å²) in [5, 5.41) is 1.74. The first kappa shape index (κ1) is 15.9. The molecule has 0 unspecified atom stereocenters. The molecule has 2 aromatic heterocycles. The topological polar surface area (TPSA) is 57.7 Å². The standard InChI is InChI=1S/C13H13ClN2O3S3/c14-11-4-3-10(21-11)13(17)15-5-7-16(8-6-15)22(18,19)12-2-1-9-20-12/h1-4,9H,5-8H2. The maximum absolute atomic E-state index is 12.4. The first-order valence-electron chi connectivity index (χ1n) is 6.57. The average molecular weight is 377 g/mol. The van der Waals surface area contributed by atoms with E-state index < -0.39 is 10.0 Å². The smallest absolute Gasteiger partial charge is 0.264 e. The Kier molecular flexibility index (Phi) is 4.56. The third-order valence-corrected chi connectivity index (χ3v) is 7.89. The number of hydrogen-bond acceptors (Lipinski definition) is 5. The van der Waals surface area contributed by atoms with Gasteiger partial charge in [0.25, 0.3) is 15.9 Å². The van der Waals surface area contributed by atoms with Crippen LogP contribution in [0, 0.1) is 0 Å². The van der Waals surface area contributed by atoms with Gasteiger partial charge in [-0.2, -0.15) is 4.31 Å². The molecule has 0 spiro atoms. The molecule has 9 heteroatoms. The predicted octanol–water partition coefficient (Wildman–Crippen LogP) is 2.61. The van der Waals surface area contributed by atoms with E-state index in [4.69, 9.17) is 11.6 Å². The summed E-state index contributed by atoms with van der Waals surface area (Å²) in [6, 6.07) is 6.71. The number of nitrogens with zero attached hydrogens (tertiary/aromatic N) is 2. The lowest BCUT2D eigenvalue weighted by Gasteiger charge is -2.33. The van der Waals surface area contributed by atoms with Gasteiger partial charge in [-0.1, -0.05) is 17.7 Å². The minimum Gasteiger partial charge on any atom is -0.335 e. The van der Waals surface area contributed by atoms with Crippen LogP contribution in [-0.4, -0.2) is 49.7 Å². The summed E-state index contributed by atoms with van der Waals surface area (Å²) < 4.78 is 27.2. The monoisotopic (exact) mass is 376 g/mol. The van der Waals surface area contributed by atoms with Crippen LogP contribution in [0.3, 0.4) is 0 Å². The molecule has 0 bridgehead atoms. The number of amides is 1. The van der Waals surface area contributed by atoms with Gasteiger partial charge >= 0.3 is 0 Å². The molecular formula is C13H13ClN2O3S3. The molecule has 2 aromatic rings. The summed E-state index contributed by atoms with van der Waals surface area (Å²) in [6.07, 6.45) is 0. The van der Waals surface area contributed by atoms with Gasteiger partial charge in [-0.25, -0.2) is 8.42 Å². The van der Waals surface area contributed by atoms with Crippen molar-refractivity contribution in [3.8, 4) is 0 Å². The summed E-state index contributed by atoms with van der Waals surface area (Å²) in [4.78, 5) is 14.6. The zero-order valence-corrected chi connectivity index (χ0v) is 14.6. The van der Waals surface area contributed by atoms with E-state index >= 15 is 0 Å². The van der Waals surface area contributed by atoms with Crippen molar-refractivity contribution in [1.29, 1.82) is 0 Å². The van der Waals surface area contributed by atoms with Crippen LogP contribution in [0.25, 0.3) is 0 Å². The van der Waals surface area contributed by atoms with E-state index in [1.807, 2.05) is 0 Å². The van der Waals surface area contributed by atoms with Gasteiger partial charge in [0.05, 0.1) is 9.21 Å². The van der Waals surface area contributed by atoms with E-state index in [9.17, 15) is 13.2 Å². The van der Waals surface area contributed by atoms with Crippen molar-refractivity contribution in [2.45, 2.75) is 4.21 Å². The van der Waals surface area contributed by atoms with Crippen molar-refractivity contribution in [2.75, 3.05) is 26.2 Å². The SMILES string of the molecule is O=C(c1ccc(Cl)s1)N1CCN(S(=O)(=O)c2cccs2)CC1. The average Bonchev–Trinajstić information content (AvgIpc) is 3.18. The second kappa shape index (κ2) is 6.29. The minimum absolute atomic E-state index is 0.0925. The molecule has 0 radical (unpaired) electrons. The van der Waals surface area contributed by atoms with Crippen LogP contribution in [0.4, 0.5) is 0 Å². The Morgan fingerprint density at radius 1 is 1.14 bits per heavy atom. The minimum atomic E-state index is -3.43. The molecule has 0 N–H and O–H groups in total. The van der Waals surface area contributed by atoms with E-state index in [2.05, 4.69) is 0 Å². The molecular weight excluding hydrogens is 364 g/mol. The lowest BCUT2D eigenvalue weighted by atomic mass is 10.3. The molecule has 22 heavy (non-hydrogen) atoms. The van der Waals surface area contributed by atoms with Crippen LogP contribution in [0.15, 0.2) is 33.9 Å². The number of carbonyl (C=O) groups is 1. The Balaban J connectivity index is 1.67. The molecule has 0 saturated carbocycles. The van der Waals surface area contributed by atoms with Crippen LogP contribution in [0.2, 0.25) is 4.34 Å². The lowest BCUT2D eigenvalue weighted by molar-refractivity contribution is 0.0703. The van der Waals surface area contributed by atoms with E-state index in [-0.39, 0.29) is 5.91 Å². The van der Waals surface area contributed by atoms with Crippen molar-refractivity contribution < 1.29 is 13.2 Å². The Labute approximate surface area is 141 Å². The Hall–Kier alpha value is -0.930. The Bertz CT molecular complexity index is 762. The van der Waals surface area contributed by atoms with Crippen molar-refractivity contribution in [3.63, 3.8) is 0 Å². The fraction of sp³-hybridized carbons (Fsp3) is 0.308. The van der Waals surface area contributed by atoms with Gasteiger partial charge in [-0.15, -0.1) is 22.7 Å². The van der Waals surface area contributed by atoms with Gasteiger partial charge in [0.2, 0.25) is 0 Å². The van der Waals surface area contributed by atoms with Gasteiger partial charge < -0.3 is 4.90 Å². The first-order valence-corrected chi connectivity index (χ1v) is 10.1. The maximum Gasteiger partial charge on any atom is 0.264 e. The van der Waals surface area contributed by atoms with Crippen molar-refractivity contribution >= 4 is 50.2 Å². The number of piperazine rings is 1. The molecule has 1 aliphatic rings. The predicted molar refractivity (Wildman–Crippen MR) is 88.3 cm³/mol. The Morgan fingerprint density at radius 3 is 2.41 bits per heavy atom. The summed E-state index contributed by atoms with van der Waals surface area (Å²) >= 11 is 8.29. The number of hydrogen-bond donors (Lipinski definition) is 0. The molecule has 1 amide bonds. The first-order chi connectivity index (χ1) is 10.5. The molecule has 0 aromatic carbocycles. The summed E-state index contributed by atoms with van der Waals surface area (Å²) in [5.41, 5.74) is 0. The van der Waals surface area contributed by atoms with Crippen LogP contribution in [0.5, 0.6) is 0 Å². The molecule has 0 atom stereocenters.